The first-order valence-corrected chi connectivity index (χ1v) is 18.6. The van der Waals surface area contributed by atoms with Crippen LogP contribution >= 0.6 is 11.3 Å². The Balaban J connectivity index is 1.12. The monoisotopic (exact) mass is 679 g/mol. The Hall–Kier alpha value is -6.48. The fraction of sp³-hybridized carbons (Fsp3) is 0. The molecule has 0 aliphatic carbocycles. The van der Waals surface area contributed by atoms with Crippen molar-refractivity contribution in [2.75, 3.05) is 4.90 Å². The predicted molar refractivity (Wildman–Crippen MR) is 225 cm³/mol. The minimum atomic E-state index is 1.11. The summed E-state index contributed by atoms with van der Waals surface area (Å²) < 4.78 is 2.67. The quantitative estimate of drug-likeness (QED) is 0.158. The highest BCUT2D eigenvalue weighted by atomic mass is 32.1. The molecule has 0 radical (unpaired) electrons. The topological polar surface area (TPSA) is 3.24 Å². The molecule has 10 rings (SSSR count). The largest absolute Gasteiger partial charge is 0.310 e. The van der Waals surface area contributed by atoms with E-state index in [4.69, 9.17) is 0 Å². The zero-order chi connectivity index (χ0) is 34.4. The molecule has 0 amide bonds. The van der Waals surface area contributed by atoms with E-state index in [-0.39, 0.29) is 0 Å². The fourth-order valence-electron chi connectivity index (χ4n) is 7.70. The lowest BCUT2D eigenvalue weighted by Gasteiger charge is -2.26. The second-order valence-electron chi connectivity index (χ2n) is 13.3. The average Bonchev–Trinajstić information content (AvgIpc) is 3.61. The first-order valence-electron chi connectivity index (χ1n) is 17.8. The van der Waals surface area contributed by atoms with Crippen LogP contribution in [0.5, 0.6) is 0 Å². The van der Waals surface area contributed by atoms with Crippen LogP contribution in [0.4, 0.5) is 17.1 Å². The third-order valence-electron chi connectivity index (χ3n) is 10.3. The van der Waals surface area contributed by atoms with Gasteiger partial charge in [-0.15, -0.1) is 11.3 Å². The normalized spacial score (nSPS) is 11.5. The van der Waals surface area contributed by atoms with Crippen LogP contribution in [0.2, 0.25) is 0 Å². The molecule has 0 atom stereocenters. The highest BCUT2D eigenvalue weighted by molar-refractivity contribution is 7.27. The summed E-state index contributed by atoms with van der Waals surface area (Å²) in [7, 11) is 0. The Morgan fingerprint density at radius 3 is 1.52 bits per heavy atom. The van der Waals surface area contributed by atoms with Crippen molar-refractivity contribution in [2.45, 2.75) is 0 Å². The Morgan fingerprint density at radius 2 is 0.827 bits per heavy atom. The third kappa shape index (κ3) is 5.24. The van der Waals surface area contributed by atoms with Crippen molar-refractivity contribution in [3.63, 3.8) is 0 Å². The van der Waals surface area contributed by atoms with Crippen molar-refractivity contribution in [1.82, 2.24) is 0 Å². The van der Waals surface area contributed by atoms with Crippen molar-refractivity contribution in [2.24, 2.45) is 0 Å². The SMILES string of the molecule is c1ccc(-c2ccc(N(c3ccc(-c4ccccc4)cc3)c3cccc(-c4cccc5c4sc4c5ccc5ccc6ccccc6c54)c3)cc2)cc1. The van der Waals surface area contributed by atoms with E-state index >= 15 is 0 Å². The Labute approximate surface area is 307 Å². The van der Waals surface area contributed by atoms with Gasteiger partial charge in [-0.25, -0.2) is 0 Å². The molecule has 0 N–H and O–H groups in total. The zero-order valence-electron chi connectivity index (χ0n) is 28.4. The molecule has 1 aromatic heterocycles. The minimum Gasteiger partial charge on any atom is -0.310 e. The molecule has 1 nitrogen and oxygen atoms in total. The van der Waals surface area contributed by atoms with Crippen LogP contribution in [0.25, 0.3) is 75.1 Å². The van der Waals surface area contributed by atoms with Crippen LogP contribution < -0.4 is 4.90 Å². The molecule has 0 spiro atoms. The van der Waals surface area contributed by atoms with Crippen molar-refractivity contribution in [3.8, 4) is 33.4 Å². The number of benzene rings is 9. The molecule has 0 fully saturated rings. The van der Waals surface area contributed by atoms with Crippen molar-refractivity contribution in [3.05, 3.63) is 200 Å². The van der Waals surface area contributed by atoms with Gasteiger partial charge in [0, 0.05) is 42.6 Å². The van der Waals surface area contributed by atoms with Crippen LogP contribution in [0.15, 0.2) is 200 Å². The molecule has 9 aromatic carbocycles. The van der Waals surface area contributed by atoms with Crippen LogP contribution in [-0.2, 0) is 0 Å². The molecule has 52 heavy (non-hydrogen) atoms. The number of rotatable bonds is 6. The van der Waals surface area contributed by atoms with Gasteiger partial charge in [0.1, 0.15) is 0 Å². The van der Waals surface area contributed by atoms with Gasteiger partial charge in [-0.3, -0.25) is 0 Å². The number of hydrogen-bond donors (Lipinski definition) is 0. The van der Waals surface area contributed by atoms with E-state index in [1.165, 1.54) is 75.1 Å². The van der Waals surface area contributed by atoms with E-state index in [0.717, 1.165) is 17.1 Å². The first kappa shape index (κ1) is 30.4. The molecule has 2 heteroatoms. The minimum absolute atomic E-state index is 1.11. The standard InChI is InChI=1S/C50H33NS/c1-3-11-34(12-4-1)36-23-28-41(29-24-36)51(42-30-25-37(26-31-42)35-13-5-2-6-14-35)43-17-9-16-40(33-43)45-19-10-20-46-47-32-27-39-22-21-38-15-7-8-18-44(38)48(39)50(47)52-49(45)46/h1-33H. The Kier molecular flexibility index (Phi) is 7.41. The average molecular weight is 680 g/mol. The summed E-state index contributed by atoms with van der Waals surface area (Å²) in [4.78, 5) is 2.37. The molecule has 10 aromatic rings. The first-order chi connectivity index (χ1) is 25.8. The zero-order valence-corrected chi connectivity index (χ0v) is 29.2. The highest BCUT2D eigenvalue weighted by Crippen LogP contribution is 2.45. The molecule has 0 saturated heterocycles. The van der Waals surface area contributed by atoms with Crippen molar-refractivity contribution >= 4 is 70.1 Å². The highest BCUT2D eigenvalue weighted by Gasteiger charge is 2.17. The summed E-state index contributed by atoms with van der Waals surface area (Å²) in [5.74, 6) is 0. The van der Waals surface area contributed by atoms with Gasteiger partial charge in [0.05, 0.1) is 0 Å². The second kappa shape index (κ2) is 12.7. The van der Waals surface area contributed by atoms with Gasteiger partial charge >= 0.3 is 0 Å². The van der Waals surface area contributed by atoms with E-state index in [2.05, 4.69) is 205 Å². The molecule has 0 aliphatic heterocycles. The van der Waals surface area contributed by atoms with E-state index in [9.17, 15) is 0 Å². The number of thiophene rings is 1. The molecule has 0 bridgehead atoms. The molecular weight excluding hydrogens is 647 g/mol. The Bertz CT molecular complexity index is 2790. The van der Waals surface area contributed by atoms with E-state index in [1.54, 1.807) is 0 Å². The maximum absolute atomic E-state index is 2.37. The van der Waals surface area contributed by atoms with Gasteiger partial charge in [0.15, 0.2) is 0 Å². The van der Waals surface area contributed by atoms with E-state index in [0.29, 0.717) is 0 Å². The van der Waals surface area contributed by atoms with Crippen LogP contribution in [0.1, 0.15) is 0 Å². The Morgan fingerprint density at radius 1 is 0.308 bits per heavy atom. The maximum atomic E-state index is 2.37. The van der Waals surface area contributed by atoms with E-state index < -0.39 is 0 Å². The smallest absolute Gasteiger partial charge is 0.0467 e. The van der Waals surface area contributed by atoms with Gasteiger partial charge in [-0.05, 0) is 85.9 Å². The summed E-state index contributed by atoms with van der Waals surface area (Å²) in [6.07, 6.45) is 0. The molecule has 1 heterocycles. The van der Waals surface area contributed by atoms with Gasteiger partial charge < -0.3 is 4.90 Å². The molecule has 0 unspecified atom stereocenters. The summed E-state index contributed by atoms with van der Waals surface area (Å²) in [6, 6.07) is 72.7. The molecule has 244 valence electrons. The lowest BCUT2D eigenvalue weighted by Crippen LogP contribution is -2.10. The molecule has 0 aliphatic rings. The van der Waals surface area contributed by atoms with E-state index in [1.807, 2.05) is 11.3 Å². The summed E-state index contributed by atoms with van der Waals surface area (Å²) in [5, 5.41) is 7.85. The van der Waals surface area contributed by atoms with Crippen molar-refractivity contribution in [1.29, 1.82) is 0 Å². The van der Waals surface area contributed by atoms with Gasteiger partial charge in [0.2, 0.25) is 0 Å². The maximum Gasteiger partial charge on any atom is 0.0467 e. The van der Waals surface area contributed by atoms with Crippen LogP contribution in [0.3, 0.4) is 0 Å². The van der Waals surface area contributed by atoms with Gasteiger partial charge in [0.25, 0.3) is 0 Å². The lowest BCUT2D eigenvalue weighted by molar-refractivity contribution is 1.28. The number of hydrogen-bond acceptors (Lipinski definition) is 2. The van der Waals surface area contributed by atoms with Crippen LogP contribution in [-0.4, -0.2) is 0 Å². The number of anilines is 3. The number of nitrogens with zero attached hydrogens (tertiary/aromatic N) is 1. The van der Waals surface area contributed by atoms with Crippen LogP contribution in [0, 0.1) is 0 Å². The van der Waals surface area contributed by atoms with Gasteiger partial charge in [-0.1, -0.05) is 164 Å². The van der Waals surface area contributed by atoms with Crippen molar-refractivity contribution < 1.29 is 0 Å². The molecular formula is C50H33NS. The predicted octanol–water partition coefficient (Wildman–Crippen LogP) is 14.8. The third-order valence-corrected chi connectivity index (χ3v) is 11.5. The molecule has 0 saturated carbocycles. The number of fused-ring (bicyclic) bond motifs is 7. The summed E-state index contributed by atoms with van der Waals surface area (Å²) in [6.45, 7) is 0. The fourth-order valence-corrected chi connectivity index (χ4v) is 9.10. The summed E-state index contributed by atoms with van der Waals surface area (Å²) in [5.41, 5.74) is 10.6. The van der Waals surface area contributed by atoms with Gasteiger partial charge in [-0.2, -0.15) is 0 Å². The second-order valence-corrected chi connectivity index (χ2v) is 14.3. The summed E-state index contributed by atoms with van der Waals surface area (Å²) >= 11 is 1.92. The lowest BCUT2D eigenvalue weighted by atomic mass is 9.98.